The first-order valence-electron chi connectivity index (χ1n) is 11.3. The van der Waals surface area contributed by atoms with Crippen LogP contribution in [-0.4, -0.2) is 45.4 Å². The molecule has 0 aromatic heterocycles. The summed E-state index contributed by atoms with van der Waals surface area (Å²) >= 11 is 0. The van der Waals surface area contributed by atoms with Gasteiger partial charge in [0.25, 0.3) is 0 Å². The first kappa shape index (κ1) is 21.7. The molecule has 0 bridgehead atoms. The quantitative estimate of drug-likeness (QED) is 0.270. The maximum absolute atomic E-state index is 5.65. The van der Waals surface area contributed by atoms with E-state index >= 15 is 0 Å². The molecule has 5 nitrogen and oxygen atoms in total. The molecule has 0 spiro atoms. The number of guanidine groups is 1. The lowest BCUT2D eigenvalue weighted by Gasteiger charge is -2.30. The molecule has 1 fully saturated rings. The van der Waals surface area contributed by atoms with Crippen LogP contribution >= 0.6 is 0 Å². The fraction of sp³-hybridized carbons (Fsp3) is 0.625. The Morgan fingerprint density at radius 1 is 1.07 bits per heavy atom. The van der Waals surface area contributed by atoms with Gasteiger partial charge in [0.2, 0.25) is 0 Å². The molecule has 2 N–H and O–H groups in total. The van der Waals surface area contributed by atoms with E-state index in [4.69, 9.17) is 9.73 Å². The highest BCUT2D eigenvalue weighted by Gasteiger charge is 2.33. The molecular formula is C24H38N4O. The van der Waals surface area contributed by atoms with E-state index in [0.29, 0.717) is 12.0 Å². The average Bonchev–Trinajstić information content (AvgIpc) is 3.44. The van der Waals surface area contributed by atoms with Crippen molar-refractivity contribution >= 4 is 11.6 Å². The number of benzene rings is 1. The molecule has 0 atom stereocenters. The van der Waals surface area contributed by atoms with Gasteiger partial charge in [-0.05, 0) is 56.2 Å². The zero-order valence-corrected chi connectivity index (χ0v) is 18.3. The summed E-state index contributed by atoms with van der Waals surface area (Å²) in [4.78, 5) is 7.20. The summed E-state index contributed by atoms with van der Waals surface area (Å²) < 4.78 is 5.65. The van der Waals surface area contributed by atoms with Crippen LogP contribution in [0.3, 0.4) is 0 Å². The third-order valence-corrected chi connectivity index (χ3v) is 6.16. The maximum Gasteiger partial charge on any atom is 0.191 e. The molecule has 29 heavy (non-hydrogen) atoms. The molecular weight excluding hydrogens is 360 g/mol. The van der Waals surface area contributed by atoms with Crippen molar-refractivity contribution in [3.05, 3.63) is 42.0 Å². The lowest BCUT2D eigenvalue weighted by Crippen LogP contribution is -2.43. The topological polar surface area (TPSA) is 48.9 Å². The molecule has 160 valence electrons. The van der Waals surface area contributed by atoms with Crippen LogP contribution in [0.1, 0.15) is 51.5 Å². The van der Waals surface area contributed by atoms with E-state index in [9.17, 15) is 0 Å². The van der Waals surface area contributed by atoms with Crippen molar-refractivity contribution in [2.45, 2.75) is 52.5 Å². The van der Waals surface area contributed by atoms with Crippen molar-refractivity contribution in [3.63, 3.8) is 0 Å². The molecule has 5 heteroatoms. The summed E-state index contributed by atoms with van der Waals surface area (Å²) in [7, 11) is 0. The number of anilines is 1. The lowest BCUT2D eigenvalue weighted by atomic mass is 9.83. The molecule has 1 saturated carbocycles. The Hall–Kier alpha value is -2.01. The molecule has 2 aliphatic rings. The van der Waals surface area contributed by atoms with Crippen molar-refractivity contribution < 1.29 is 4.74 Å². The van der Waals surface area contributed by atoms with E-state index in [1.54, 1.807) is 0 Å². The first-order chi connectivity index (χ1) is 14.2. The van der Waals surface area contributed by atoms with Crippen LogP contribution < -0.4 is 15.5 Å². The largest absolute Gasteiger partial charge is 0.382 e. The Kier molecular flexibility index (Phi) is 8.41. The average molecular weight is 399 g/mol. The van der Waals surface area contributed by atoms with Crippen LogP contribution in [-0.2, 0) is 11.3 Å². The van der Waals surface area contributed by atoms with Crippen LogP contribution in [0.25, 0.3) is 0 Å². The molecule has 0 radical (unpaired) electrons. The van der Waals surface area contributed by atoms with E-state index in [-0.39, 0.29) is 0 Å². The Bertz CT molecular complexity index is 654. The van der Waals surface area contributed by atoms with E-state index in [1.807, 2.05) is 0 Å². The third-order valence-electron chi connectivity index (χ3n) is 6.16. The van der Waals surface area contributed by atoms with Crippen LogP contribution in [0.15, 0.2) is 41.4 Å². The number of hydrogen-bond acceptors (Lipinski definition) is 3. The molecule has 0 amide bonds. The van der Waals surface area contributed by atoms with Gasteiger partial charge in [-0.15, -0.1) is 0 Å². The predicted molar refractivity (Wildman–Crippen MR) is 123 cm³/mol. The highest BCUT2D eigenvalue weighted by atomic mass is 16.5. The molecule has 1 aliphatic heterocycles. The molecule has 0 saturated heterocycles. The van der Waals surface area contributed by atoms with Gasteiger partial charge in [-0.3, -0.25) is 0 Å². The van der Waals surface area contributed by atoms with Gasteiger partial charge in [0.1, 0.15) is 0 Å². The van der Waals surface area contributed by atoms with Crippen LogP contribution in [0.4, 0.5) is 5.69 Å². The van der Waals surface area contributed by atoms with Gasteiger partial charge < -0.3 is 20.3 Å². The second-order valence-electron chi connectivity index (χ2n) is 8.25. The van der Waals surface area contributed by atoms with Crippen molar-refractivity contribution in [1.29, 1.82) is 0 Å². The molecule has 0 unspecified atom stereocenters. The highest BCUT2D eigenvalue weighted by molar-refractivity contribution is 5.79. The van der Waals surface area contributed by atoms with Gasteiger partial charge in [-0.1, -0.05) is 37.1 Å². The predicted octanol–water partition coefficient (Wildman–Crippen LogP) is 4.10. The van der Waals surface area contributed by atoms with Gasteiger partial charge >= 0.3 is 0 Å². The minimum absolute atomic E-state index is 0.358. The summed E-state index contributed by atoms with van der Waals surface area (Å²) in [5.74, 6) is 0.919. The Labute approximate surface area is 176 Å². The standard InChI is InChI=1S/C24H38N4O/c1-3-25-23(27-20-24(13-5-6-14-24)15-18-29-4-2)26-19-21-9-11-22(12-10-21)28-16-7-8-17-28/h7-12H,3-6,13-20H2,1-2H3,(H2,25,26,27). The molecule has 1 heterocycles. The van der Waals surface area contributed by atoms with E-state index in [0.717, 1.165) is 51.8 Å². The molecule has 1 aliphatic carbocycles. The van der Waals surface area contributed by atoms with E-state index in [2.05, 4.69) is 65.8 Å². The highest BCUT2D eigenvalue weighted by Crippen LogP contribution is 2.40. The Balaban J connectivity index is 1.54. The number of nitrogens with one attached hydrogen (secondary N) is 2. The fourth-order valence-electron chi connectivity index (χ4n) is 4.36. The second-order valence-corrected chi connectivity index (χ2v) is 8.25. The molecule has 3 rings (SSSR count). The van der Waals surface area contributed by atoms with E-state index in [1.165, 1.54) is 36.9 Å². The summed E-state index contributed by atoms with van der Waals surface area (Å²) in [5, 5.41) is 7.03. The normalized spacial score (nSPS) is 18.4. The van der Waals surface area contributed by atoms with Crippen molar-refractivity contribution in [2.75, 3.05) is 44.3 Å². The van der Waals surface area contributed by atoms with Crippen molar-refractivity contribution in [3.8, 4) is 0 Å². The summed E-state index contributed by atoms with van der Waals surface area (Å²) in [6.07, 6.45) is 10.8. The Morgan fingerprint density at radius 2 is 1.79 bits per heavy atom. The minimum atomic E-state index is 0.358. The third kappa shape index (κ3) is 6.49. The Morgan fingerprint density at radius 3 is 2.45 bits per heavy atom. The van der Waals surface area contributed by atoms with Crippen molar-refractivity contribution in [1.82, 2.24) is 10.6 Å². The van der Waals surface area contributed by atoms with Gasteiger partial charge in [0.15, 0.2) is 5.96 Å². The SMILES string of the molecule is CCNC(=NCc1ccc(N2CC=CC2)cc1)NCC1(CCOCC)CCCC1. The summed E-state index contributed by atoms with van der Waals surface area (Å²) in [6.45, 7) is 10.4. The first-order valence-corrected chi connectivity index (χ1v) is 11.3. The number of ether oxygens (including phenoxy) is 1. The molecule has 1 aromatic carbocycles. The lowest BCUT2D eigenvalue weighted by molar-refractivity contribution is 0.105. The monoisotopic (exact) mass is 398 g/mol. The maximum atomic E-state index is 5.65. The van der Waals surface area contributed by atoms with Crippen LogP contribution in [0.5, 0.6) is 0 Å². The van der Waals surface area contributed by atoms with Crippen molar-refractivity contribution in [2.24, 2.45) is 10.4 Å². The number of aliphatic imine (C=N–C) groups is 1. The smallest absolute Gasteiger partial charge is 0.191 e. The van der Waals surface area contributed by atoms with Gasteiger partial charge in [0.05, 0.1) is 6.54 Å². The van der Waals surface area contributed by atoms with Gasteiger partial charge in [0, 0.05) is 45.1 Å². The molecule has 1 aromatic rings. The zero-order valence-electron chi connectivity index (χ0n) is 18.3. The van der Waals surface area contributed by atoms with Crippen LogP contribution in [0.2, 0.25) is 0 Å². The number of rotatable bonds is 10. The van der Waals surface area contributed by atoms with Gasteiger partial charge in [-0.2, -0.15) is 0 Å². The number of hydrogen-bond donors (Lipinski definition) is 2. The number of nitrogens with zero attached hydrogens (tertiary/aromatic N) is 2. The zero-order chi connectivity index (χ0) is 20.4. The minimum Gasteiger partial charge on any atom is -0.382 e. The second kappa shape index (κ2) is 11.2. The summed E-state index contributed by atoms with van der Waals surface area (Å²) in [5.41, 5.74) is 2.88. The fourth-order valence-corrected chi connectivity index (χ4v) is 4.36. The van der Waals surface area contributed by atoms with E-state index < -0.39 is 0 Å². The summed E-state index contributed by atoms with van der Waals surface area (Å²) in [6, 6.07) is 8.81. The van der Waals surface area contributed by atoms with Gasteiger partial charge in [-0.25, -0.2) is 4.99 Å². The van der Waals surface area contributed by atoms with Crippen LogP contribution in [0, 0.1) is 5.41 Å².